The van der Waals surface area contributed by atoms with Crippen LogP contribution in [0.25, 0.3) is 0 Å². The van der Waals surface area contributed by atoms with Gasteiger partial charge >= 0.3 is 6.18 Å². The molecule has 0 aliphatic rings. The summed E-state index contributed by atoms with van der Waals surface area (Å²) < 4.78 is 37.2. The molecule has 1 rings (SSSR count). The second-order valence-electron chi connectivity index (χ2n) is 3.20. The Labute approximate surface area is 91.3 Å². The van der Waals surface area contributed by atoms with Crippen LogP contribution in [-0.2, 0) is 11.0 Å². The lowest BCUT2D eigenvalue weighted by Gasteiger charge is -2.09. The van der Waals surface area contributed by atoms with Gasteiger partial charge in [0.05, 0.1) is 12.0 Å². The first kappa shape index (κ1) is 12.3. The fourth-order valence-corrected chi connectivity index (χ4v) is 1.25. The van der Waals surface area contributed by atoms with Gasteiger partial charge in [0.15, 0.2) is 0 Å². The number of carbonyl (C=O) groups excluding carboxylic acids is 1. The van der Waals surface area contributed by atoms with Crippen molar-refractivity contribution in [3.63, 3.8) is 0 Å². The molecule has 0 saturated heterocycles. The quantitative estimate of drug-likeness (QED) is 0.531. The molecule has 1 nitrogen and oxygen atoms in total. The zero-order valence-electron chi connectivity index (χ0n) is 8.56. The smallest absolute Gasteiger partial charge is 0.302 e. The molecule has 0 heterocycles. The van der Waals surface area contributed by atoms with Gasteiger partial charge in [-0.25, -0.2) is 0 Å². The Morgan fingerprint density at radius 3 is 2.56 bits per heavy atom. The van der Waals surface area contributed by atoms with E-state index < -0.39 is 11.7 Å². The van der Waals surface area contributed by atoms with Crippen LogP contribution in [0.15, 0.2) is 18.2 Å². The van der Waals surface area contributed by atoms with E-state index in [0.29, 0.717) is 11.8 Å². The molecule has 0 amide bonds. The molecular formula is C12H9F3O. The lowest BCUT2D eigenvalue weighted by Crippen LogP contribution is -2.07. The molecule has 0 aliphatic heterocycles. The van der Waals surface area contributed by atoms with Crippen molar-refractivity contribution >= 4 is 6.29 Å². The van der Waals surface area contributed by atoms with Gasteiger partial charge in [-0.2, -0.15) is 13.2 Å². The maximum Gasteiger partial charge on any atom is 0.416 e. The van der Waals surface area contributed by atoms with E-state index in [1.165, 1.54) is 19.1 Å². The van der Waals surface area contributed by atoms with Crippen LogP contribution >= 0.6 is 0 Å². The molecule has 1 aromatic rings. The van der Waals surface area contributed by atoms with Gasteiger partial charge in [0.25, 0.3) is 0 Å². The number of halogens is 3. The first-order valence-corrected chi connectivity index (χ1v) is 4.55. The van der Waals surface area contributed by atoms with Crippen molar-refractivity contribution in [2.45, 2.75) is 19.5 Å². The molecule has 0 saturated carbocycles. The average molecular weight is 226 g/mol. The third-order valence-corrected chi connectivity index (χ3v) is 1.95. The number of aldehydes is 1. The van der Waals surface area contributed by atoms with Gasteiger partial charge in [-0.15, -0.1) is 0 Å². The van der Waals surface area contributed by atoms with Crippen molar-refractivity contribution in [3.8, 4) is 11.8 Å². The fraction of sp³-hybridized carbons (Fsp3) is 0.250. The molecular weight excluding hydrogens is 217 g/mol. The van der Waals surface area contributed by atoms with Crippen molar-refractivity contribution < 1.29 is 18.0 Å². The molecule has 16 heavy (non-hydrogen) atoms. The van der Waals surface area contributed by atoms with Crippen LogP contribution in [-0.4, -0.2) is 6.29 Å². The van der Waals surface area contributed by atoms with E-state index in [1.807, 2.05) is 0 Å². The lowest BCUT2D eigenvalue weighted by atomic mass is 10.0. The van der Waals surface area contributed by atoms with Crippen LogP contribution in [0, 0.1) is 18.8 Å². The molecule has 0 spiro atoms. The lowest BCUT2D eigenvalue weighted by molar-refractivity contribution is -0.138. The molecule has 84 valence electrons. The molecule has 0 unspecified atom stereocenters. The van der Waals surface area contributed by atoms with Gasteiger partial charge < -0.3 is 4.79 Å². The van der Waals surface area contributed by atoms with E-state index >= 15 is 0 Å². The van der Waals surface area contributed by atoms with Crippen molar-refractivity contribution in [2.75, 3.05) is 0 Å². The van der Waals surface area contributed by atoms with Gasteiger partial charge in [0, 0.05) is 5.56 Å². The Hall–Kier alpha value is -1.76. The molecule has 0 atom stereocenters. The van der Waals surface area contributed by atoms with Crippen LogP contribution < -0.4 is 0 Å². The van der Waals surface area contributed by atoms with Gasteiger partial charge in [0.1, 0.15) is 6.29 Å². The van der Waals surface area contributed by atoms with Crippen LogP contribution in [0.4, 0.5) is 13.2 Å². The van der Waals surface area contributed by atoms with Crippen LogP contribution in [0.3, 0.4) is 0 Å². The Kier molecular flexibility index (Phi) is 3.73. The Morgan fingerprint density at radius 2 is 2.06 bits per heavy atom. The Bertz CT molecular complexity index is 450. The van der Waals surface area contributed by atoms with Crippen molar-refractivity contribution in [3.05, 3.63) is 34.9 Å². The van der Waals surface area contributed by atoms with Crippen LogP contribution in [0.2, 0.25) is 0 Å². The van der Waals surface area contributed by atoms with E-state index in [-0.39, 0.29) is 12.0 Å². The predicted octanol–water partition coefficient (Wildman–Crippen LogP) is 2.95. The van der Waals surface area contributed by atoms with E-state index in [0.717, 1.165) is 6.07 Å². The summed E-state index contributed by atoms with van der Waals surface area (Å²) in [6.07, 6.45) is -3.61. The summed E-state index contributed by atoms with van der Waals surface area (Å²) in [5.41, 5.74) is -0.0498. The topological polar surface area (TPSA) is 17.1 Å². The maximum absolute atomic E-state index is 12.4. The zero-order valence-corrected chi connectivity index (χ0v) is 8.56. The third kappa shape index (κ3) is 3.13. The molecule has 4 heteroatoms. The van der Waals surface area contributed by atoms with E-state index in [9.17, 15) is 18.0 Å². The number of alkyl halides is 3. The zero-order chi connectivity index (χ0) is 12.2. The number of benzene rings is 1. The molecule has 0 N–H and O–H groups in total. The van der Waals surface area contributed by atoms with Crippen molar-refractivity contribution in [2.24, 2.45) is 0 Å². The average Bonchev–Trinajstić information content (AvgIpc) is 2.16. The third-order valence-electron chi connectivity index (χ3n) is 1.95. The SMILES string of the molecule is Cc1cc(C#CCC=O)ccc1C(F)(F)F. The summed E-state index contributed by atoms with van der Waals surface area (Å²) in [6.45, 7) is 1.38. The predicted molar refractivity (Wildman–Crippen MR) is 53.7 cm³/mol. The maximum atomic E-state index is 12.4. The summed E-state index contributed by atoms with van der Waals surface area (Å²) in [4.78, 5) is 10.00. The second kappa shape index (κ2) is 4.84. The fourth-order valence-electron chi connectivity index (χ4n) is 1.25. The molecule has 1 aromatic carbocycles. The highest BCUT2D eigenvalue weighted by Crippen LogP contribution is 2.31. The minimum absolute atomic E-state index is 0.0834. The van der Waals surface area contributed by atoms with E-state index in [1.54, 1.807) is 0 Å². The summed E-state index contributed by atoms with van der Waals surface area (Å²) in [5, 5.41) is 0. The van der Waals surface area contributed by atoms with Crippen molar-refractivity contribution in [1.29, 1.82) is 0 Å². The van der Waals surface area contributed by atoms with Crippen molar-refractivity contribution in [1.82, 2.24) is 0 Å². The number of hydrogen-bond acceptors (Lipinski definition) is 1. The largest absolute Gasteiger partial charge is 0.416 e. The summed E-state index contributed by atoms with van der Waals surface area (Å²) in [6, 6.07) is 3.66. The van der Waals surface area contributed by atoms with E-state index in [4.69, 9.17) is 0 Å². The highest BCUT2D eigenvalue weighted by molar-refractivity contribution is 5.55. The molecule has 0 bridgehead atoms. The summed E-state index contributed by atoms with van der Waals surface area (Å²) in [7, 11) is 0. The Balaban J connectivity index is 3.01. The highest BCUT2D eigenvalue weighted by atomic mass is 19.4. The standard InChI is InChI=1S/C12H9F3O/c1-9-8-10(4-2-3-7-16)5-6-11(9)12(13,14)15/h5-8H,3H2,1H3. The minimum atomic E-state index is -4.33. The summed E-state index contributed by atoms with van der Waals surface area (Å²) >= 11 is 0. The molecule has 0 fully saturated rings. The summed E-state index contributed by atoms with van der Waals surface area (Å²) in [5.74, 6) is 5.15. The number of hydrogen-bond donors (Lipinski definition) is 0. The molecule has 0 aromatic heterocycles. The molecule has 0 radical (unpaired) electrons. The first-order chi connectivity index (χ1) is 7.45. The normalized spacial score (nSPS) is 10.5. The highest BCUT2D eigenvalue weighted by Gasteiger charge is 2.31. The minimum Gasteiger partial charge on any atom is -0.302 e. The van der Waals surface area contributed by atoms with Crippen LogP contribution in [0.1, 0.15) is 23.1 Å². The number of rotatable bonds is 1. The van der Waals surface area contributed by atoms with E-state index in [2.05, 4.69) is 11.8 Å². The van der Waals surface area contributed by atoms with Gasteiger partial charge in [-0.1, -0.05) is 11.8 Å². The first-order valence-electron chi connectivity index (χ1n) is 4.55. The Morgan fingerprint density at radius 1 is 1.38 bits per heavy atom. The number of carbonyl (C=O) groups is 1. The van der Waals surface area contributed by atoms with Gasteiger partial charge in [0.2, 0.25) is 0 Å². The monoisotopic (exact) mass is 226 g/mol. The number of aryl methyl sites for hydroxylation is 1. The van der Waals surface area contributed by atoms with Gasteiger partial charge in [-0.3, -0.25) is 0 Å². The molecule has 0 aliphatic carbocycles. The van der Waals surface area contributed by atoms with Gasteiger partial charge in [-0.05, 0) is 30.7 Å². The second-order valence-corrected chi connectivity index (χ2v) is 3.20. The van der Waals surface area contributed by atoms with Crippen LogP contribution in [0.5, 0.6) is 0 Å².